The van der Waals surface area contributed by atoms with Crippen LogP contribution in [0.1, 0.15) is 28.3 Å². The molecule has 178 valence electrons. The highest BCUT2D eigenvalue weighted by Crippen LogP contribution is 2.36. The van der Waals surface area contributed by atoms with Crippen LogP contribution in [0.25, 0.3) is 10.9 Å². The minimum absolute atomic E-state index is 0.0229. The van der Waals surface area contributed by atoms with Gasteiger partial charge in [-0.05, 0) is 47.9 Å². The summed E-state index contributed by atoms with van der Waals surface area (Å²) in [5, 5.41) is 22.6. The van der Waals surface area contributed by atoms with Gasteiger partial charge in [0.25, 0.3) is 0 Å². The van der Waals surface area contributed by atoms with Gasteiger partial charge in [-0.3, -0.25) is 9.67 Å². The summed E-state index contributed by atoms with van der Waals surface area (Å²) in [5.74, 6) is -0.587. The van der Waals surface area contributed by atoms with Gasteiger partial charge in [-0.1, -0.05) is 58.7 Å². The molecule has 0 saturated carbocycles. The molecule has 0 bridgehead atoms. The van der Waals surface area contributed by atoms with Crippen molar-refractivity contribution in [1.82, 2.24) is 20.0 Å². The van der Waals surface area contributed by atoms with Gasteiger partial charge in [-0.2, -0.15) is 5.26 Å². The maximum Gasteiger partial charge on any atom is 0.141 e. The number of nitrogens with one attached hydrogen (secondary N) is 1. The monoisotopic (exact) mass is 516 g/mol. The molecule has 0 radical (unpaired) electrons. The number of nitriles is 1. The van der Waals surface area contributed by atoms with E-state index in [-0.39, 0.29) is 10.9 Å². The minimum Gasteiger partial charge on any atom is -0.354 e. The number of anilines is 2. The molecule has 36 heavy (non-hydrogen) atoms. The summed E-state index contributed by atoms with van der Waals surface area (Å²) in [5.41, 5.74) is 4.79. The van der Waals surface area contributed by atoms with Crippen LogP contribution in [0.2, 0.25) is 10.0 Å². The van der Waals surface area contributed by atoms with E-state index in [2.05, 4.69) is 38.8 Å². The van der Waals surface area contributed by atoms with E-state index in [0.29, 0.717) is 39.3 Å². The number of pyridine rings is 1. The number of rotatable bonds is 6. The molecule has 0 fully saturated rings. The average molecular weight is 517 g/mol. The van der Waals surface area contributed by atoms with Crippen molar-refractivity contribution >= 4 is 45.5 Å². The standard InChI is InChI=1S/C27H19Cl2FN6/c1-36-15-25(34-35-36)20(17-5-3-2-4-6-17)9-16-10-21-26(33-19-7-8-24(30)22(28)12-19)18(13-31)14-32-27(21)23(29)11-16/h2-8,10-12,14-15,20H,9H2,1H3,(H,32,33). The third kappa shape index (κ3) is 4.74. The zero-order chi connectivity index (χ0) is 25.2. The molecule has 3 aromatic carbocycles. The molecule has 2 heterocycles. The molecule has 0 aliphatic carbocycles. The van der Waals surface area contributed by atoms with E-state index in [1.807, 2.05) is 43.6 Å². The summed E-state index contributed by atoms with van der Waals surface area (Å²) in [6.07, 6.45) is 3.96. The highest BCUT2D eigenvalue weighted by molar-refractivity contribution is 6.35. The topological polar surface area (TPSA) is 79.4 Å². The number of aromatic nitrogens is 4. The number of hydrogen-bond acceptors (Lipinski definition) is 5. The van der Waals surface area contributed by atoms with Crippen molar-refractivity contribution in [3.05, 3.63) is 111 Å². The lowest BCUT2D eigenvalue weighted by molar-refractivity contribution is 0.628. The van der Waals surface area contributed by atoms with E-state index < -0.39 is 5.82 Å². The van der Waals surface area contributed by atoms with Crippen molar-refractivity contribution in [3.63, 3.8) is 0 Å². The van der Waals surface area contributed by atoms with Gasteiger partial charge in [0.05, 0.1) is 32.5 Å². The average Bonchev–Trinajstić information content (AvgIpc) is 3.31. The molecule has 9 heteroatoms. The van der Waals surface area contributed by atoms with Gasteiger partial charge in [-0.15, -0.1) is 5.10 Å². The fraction of sp³-hybridized carbons (Fsp3) is 0.111. The smallest absolute Gasteiger partial charge is 0.141 e. The van der Waals surface area contributed by atoms with Crippen LogP contribution in [0, 0.1) is 17.1 Å². The van der Waals surface area contributed by atoms with E-state index in [1.165, 1.54) is 18.3 Å². The van der Waals surface area contributed by atoms with Crippen LogP contribution in [0.4, 0.5) is 15.8 Å². The van der Waals surface area contributed by atoms with Crippen molar-refractivity contribution in [1.29, 1.82) is 5.26 Å². The zero-order valence-electron chi connectivity index (χ0n) is 19.1. The highest BCUT2D eigenvalue weighted by Gasteiger charge is 2.20. The molecule has 5 aromatic rings. The first-order valence-corrected chi connectivity index (χ1v) is 11.8. The molecular formula is C27H19Cl2FN6. The lowest BCUT2D eigenvalue weighted by atomic mass is 9.89. The largest absolute Gasteiger partial charge is 0.354 e. The molecular weight excluding hydrogens is 498 g/mol. The second-order valence-electron chi connectivity index (χ2n) is 8.37. The van der Waals surface area contributed by atoms with Crippen molar-refractivity contribution < 1.29 is 4.39 Å². The van der Waals surface area contributed by atoms with Crippen molar-refractivity contribution in [2.24, 2.45) is 7.05 Å². The summed E-state index contributed by atoms with van der Waals surface area (Å²) < 4.78 is 15.4. The molecule has 1 N–H and O–H groups in total. The zero-order valence-corrected chi connectivity index (χ0v) is 20.6. The van der Waals surface area contributed by atoms with Crippen LogP contribution in [-0.2, 0) is 13.5 Å². The van der Waals surface area contributed by atoms with Crippen molar-refractivity contribution in [3.8, 4) is 6.07 Å². The molecule has 0 spiro atoms. The quantitative estimate of drug-likeness (QED) is 0.268. The van der Waals surface area contributed by atoms with E-state index >= 15 is 0 Å². The van der Waals surface area contributed by atoms with Gasteiger partial charge in [0.15, 0.2) is 0 Å². The fourth-order valence-corrected chi connectivity index (χ4v) is 4.68. The minimum atomic E-state index is -0.524. The van der Waals surface area contributed by atoms with Crippen LogP contribution in [0.5, 0.6) is 0 Å². The lowest BCUT2D eigenvalue weighted by Crippen LogP contribution is -2.06. The number of aryl methyl sites for hydroxylation is 1. The Kier molecular flexibility index (Phi) is 6.55. The normalized spacial score (nSPS) is 11.9. The summed E-state index contributed by atoms with van der Waals surface area (Å²) in [6.45, 7) is 0. The summed E-state index contributed by atoms with van der Waals surface area (Å²) >= 11 is 12.7. The molecule has 0 aliphatic rings. The molecule has 0 amide bonds. The molecule has 0 aliphatic heterocycles. The van der Waals surface area contributed by atoms with Crippen LogP contribution in [0.3, 0.4) is 0 Å². The Bertz CT molecular complexity index is 1610. The summed E-state index contributed by atoms with van der Waals surface area (Å²) in [6, 6.07) is 20.4. The number of benzene rings is 3. The Labute approximate surface area is 216 Å². The lowest BCUT2D eigenvalue weighted by Gasteiger charge is -2.17. The van der Waals surface area contributed by atoms with Gasteiger partial charge in [-0.25, -0.2) is 4.39 Å². The number of hydrogen-bond donors (Lipinski definition) is 1. The highest BCUT2D eigenvalue weighted by atomic mass is 35.5. The Morgan fingerprint density at radius 2 is 1.89 bits per heavy atom. The Hall–Kier alpha value is -3.99. The van der Waals surface area contributed by atoms with Crippen molar-refractivity contribution in [2.75, 3.05) is 5.32 Å². The Morgan fingerprint density at radius 1 is 1.08 bits per heavy atom. The molecule has 5 rings (SSSR count). The van der Waals surface area contributed by atoms with Gasteiger partial charge in [0.2, 0.25) is 0 Å². The predicted molar refractivity (Wildman–Crippen MR) is 139 cm³/mol. The molecule has 6 nitrogen and oxygen atoms in total. The number of nitrogens with zero attached hydrogens (tertiary/aromatic N) is 5. The van der Waals surface area contributed by atoms with Crippen molar-refractivity contribution in [2.45, 2.75) is 12.3 Å². The van der Waals surface area contributed by atoms with Gasteiger partial charge in [0, 0.05) is 36.4 Å². The maximum atomic E-state index is 13.7. The second kappa shape index (κ2) is 9.94. The molecule has 1 unspecified atom stereocenters. The van der Waals surface area contributed by atoms with E-state index in [4.69, 9.17) is 23.2 Å². The van der Waals surface area contributed by atoms with Crippen LogP contribution in [-0.4, -0.2) is 20.0 Å². The first kappa shape index (κ1) is 23.7. The van der Waals surface area contributed by atoms with E-state index in [9.17, 15) is 9.65 Å². The third-order valence-electron chi connectivity index (χ3n) is 5.91. The Morgan fingerprint density at radius 3 is 2.58 bits per heavy atom. The van der Waals surface area contributed by atoms with Gasteiger partial charge < -0.3 is 5.32 Å². The van der Waals surface area contributed by atoms with Crippen LogP contribution in [0.15, 0.2) is 73.1 Å². The Balaban J connectivity index is 1.62. The molecule has 2 aromatic heterocycles. The van der Waals surface area contributed by atoms with Crippen LogP contribution >= 0.6 is 23.2 Å². The second-order valence-corrected chi connectivity index (χ2v) is 9.19. The first-order valence-electron chi connectivity index (χ1n) is 11.1. The fourth-order valence-electron chi connectivity index (χ4n) is 4.21. The third-order valence-corrected chi connectivity index (χ3v) is 6.49. The first-order chi connectivity index (χ1) is 17.4. The SMILES string of the molecule is Cn1cc(C(Cc2cc(Cl)c3ncc(C#N)c(Nc4ccc(F)c(Cl)c4)c3c2)c2ccccc2)nn1. The molecule has 1 atom stereocenters. The summed E-state index contributed by atoms with van der Waals surface area (Å²) in [4.78, 5) is 4.42. The van der Waals surface area contributed by atoms with E-state index in [0.717, 1.165) is 16.8 Å². The van der Waals surface area contributed by atoms with Gasteiger partial charge in [0.1, 0.15) is 11.9 Å². The number of halogens is 3. The van der Waals surface area contributed by atoms with E-state index in [1.54, 1.807) is 10.7 Å². The maximum absolute atomic E-state index is 13.7. The summed E-state index contributed by atoms with van der Waals surface area (Å²) in [7, 11) is 1.83. The number of fused-ring (bicyclic) bond motifs is 1. The predicted octanol–water partition coefficient (Wildman–Crippen LogP) is 6.80. The van der Waals surface area contributed by atoms with Gasteiger partial charge >= 0.3 is 0 Å². The molecule has 0 saturated heterocycles. The van der Waals surface area contributed by atoms with Crippen LogP contribution < -0.4 is 5.32 Å².